The highest BCUT2D eigenvalue weighted by molar-refractivity contribution is 9.10. The quantitative estimate of drug-likeness (QED) is 0.882. The Bertz CT molecular complexity index is 565. The van der Waals surface area contributed by atoms with Crippen LogP contribution < -0.4 is 11.1 Å². The number of hydrogen-bond acceptors (Lipinski definition) is 4. The van der Waals surface area contributed by atoms with Crippen LogP contribution in [-0.2, 0) is 11.3 Å². The molecular formula is C10H12BrN5O. The Morgan fingerprint density at radius 2 is 2.41 bits per heavy atom. The average Bonchev–Trinajstić information content (AvgIpc) is 2.54. The van der Waals surface area contributed by atoms with E-state index in [1.807, 2.05) is 6.07 Å². The topological polar surface area (TPSA) is 85.8 Å². The van der Waals surface area contributed by atoms with Gasteiger partial charge in [-0.25, -0.2) is 9.97 Å². The minimum atomic E-state index is -0.0660. The summed E-state index contributed by atoms with van der Waals surface area (Å²) < 4.78 is 2.63. The molecule has 17 heavy (non-hydrogen) atoms. The van der Waals surface area contributed by atoms with Crippen LogP contribution in [0.3, 0.4) is 0 Å². The van der Waals surface area contributed by atoms with E-state index < -0.39 is 0 Å². The van der Waals surface area contributed by atoms with Gasteiger partial charge in [-0.2, -0.15) is 0 Å². The first-order valence-corrected chi connectivity index (χ1v) is 5.89. The molecule has 0 atom stereocenters. The smallest absolute Gasteiger partial charge is 0.216 e. The number of aromatic nitrogens is 3. The van der Waals surface area contributed by atoms with Crippen molar-refractivity contribution in [3.8, 4) is 0 Å². The molecule has 0 saturated heterocycles. The number of amides is 1. The molecule has 2 rings (SSSR count). The summed E-state index contributed by atoms with van der Waals surface area (Å²) in [6.07, 6.45) is 1.69. The maximum Gasteiger partial charge on any atom is 0.216 e. The Morgan fingerprint density at radius 1 is 1.65 bits per heavy atom. The lowest BCUT2D eigenvalue weighted by Crippen LogP contribution is -2.25. The molecule has 7 heteroatoms. The molecule has 2 aromatic rings. The van der Waals surface area contributed by atoms with Crippen LogP contribution >= 0.6 is 15.9 Å². The van der Waals surface area contributed by atoms with Crippen molar-refractivity contribution in [3.05, 3.63) is 16.7 Å². The molecular weight excluding hydrogens is 286 g/mol. The van der Waals surface area contributed by atoms with Gasteiger partial charge in [0, 0.05) is 30.7 Å². The number of hydrogen-bond donors (Lipinski definition) is 2. The number of nitrogens with zero attached hydrogens (tertiary/aromatic N) is 3. The van der Waals surface area contributed by atoms with Gasteiger partial charge in [-0.3, -0.25) is 9.36 Å². The van der Waals surface area contributed by atoms with Crippen molar-refractivity contribution >= 4 is 38.9 Å². The van der Waals surface area contributed by atoms with Gasteiger partial charge in [0.25, 0.3) is 0 Å². The van der Waals surface area contributed by atoms with Crippen molar-refractivity contribution in [2.45, 2.75) is 13.5 Å². The molecule has 0 radical (unpaired) electrons. The molecule has 0 aliphatic heterocycles. The maximum atomic E-state index is 10.8. The zero-order chi connectivity index (χ0) is 12.4. The van der Waals surface area contributed by atoms with E-state index in [2.05, 4.69) is 31.2 Å². The van der Waals surface area contributed by atoms with Gasteiger partial charge < -0.3 is 11.1 Å². The Labute approximate surface area is 106 Å². The summed E-state index contributed by atoms with van der Waals surface area (Å²) >= 11 is 3.33. The monoisotopic (exact) mass is 297 g/mol. The van der Waals surface area contributed by atoms with Gasteiger partial charge in [-0.1, -0.05) is 0 Å². The zero-order valence-electron chi connectivity index (χ0n) is 9.27. The Morgan fingerprint density at radius 3 is 3.12 bits per heavy atom. The van der Waals surface area contributed by atoms with Crippen molar-refractivity contribution in [3.63, 3.8) is 0 Å². The summed E-state index contributed by atoms with van der Waals surface area (Å²) in [5.41, 5.74) is 7.26. The van der Waals surface area contributed by atoms with Crippen molar-refractivity contribution < 1.29 is 4.79 Å². The average molecular weight is 298 g/mol. The molecule has 90 valence electrons. The molecule has 0 unspecified atom stereocenters. The van der Waals surface area contributed by atoms with E-state index in [-0.39, 0.29) is 5.91 Å². The number of carbonyl (C=O) groups excluding carboxylic acids is 1. The van der Waals surface area contributed by atoms with Crippen LogP contribution in [0, 0.1) is 0 Å². The Hall–Kier alpha value is -1.63. The number of halogens is 1. The number of pyridine rings is 1. The van der Waals surface area contributed by atoms with Crippen molar-refractivity contribution in [2.24, 2.45) is 0 Å². The number of anilines is 1. The predicted octanol–water partition coefficient (Wildman–Crippen LogP) is 0.912. The molecule has 0 bridgehead atoms. The van der Waals surface area contributed by atoms with Crippen LogP contribution in [0.15, 0.2) is 16.7 Å². The van der Waals surface area contributed by atoms with Gasteiger partial charge in [0.05, 0.1) is 0 Å². The van der Waals surface area contributed by atoms with Gasteiger partial charge in [-0.15, -0.1) is 0 Å². The highest BCUT2D eigenvalue weighted by Gasteiger charge is 2.09. The van der Waals surface area contributed by atoms with Crippen molar-refractivity contribution in [1.29, 1.82) is 0 Å². The van der Waals surface area contributed by atoms with E-state index >= 15 is 0 Å². The fraction of sp³-hybridized carbons (Fsp3) is 0.300. The highest BCUT2D eigenvalue weighted by atomic mass is 79.9. The molecule has 2 heterocycles. The van der Waals surface area contributed by atoms with Gasteiger partial charge in [0.15, 0.2) is 5.65 Å². The first-order valence-electron chi connectivity index (χ1n) is 5.09. The Kier molecular flexibility index (Phi) is 3.28. The second-order valence-corrected chi connectivity index (χ2v) is 4.52. The van der Waals surface area contributed by atoms with Crippen LogP contribution in [0.4, 0.5) is 5.95 Å². The fourth-order valence-electron chi connectivity index (χ4n) is 1.57. The van der Waals surface area contributed by atoms with E-state index in [9.17, 15) is 4.79 Å². The van der Waals surface area contributed by atoms with Crippen LogP contribution in [0.2, 0.25) is 0 Å². The summed E-state index contributed by atoms with van der Waals surface area (Å²) in [5.74, 6) is 0.333. The van der Waals surface area contributed by atoms with Crippen LogP contribution in [0.5, 0.6) is 0 Å². The molecule has 0 aliphatic carbocycles. The lowest BCUT2D eigenvalue weighted by molar-refractivity contribution is -0.118. The zero-order valence-corrected chi connectivity index (χ0v) is 10.9. The molecule has 0 saturated carbocycles. The second-order valence-electron chi connectivity index (χ2n) is 3.60. The molecule has 0 aromatic carbocycles. The van der Waals surface area contributed by atoms with E-state index in [1.165, 1.54) is 6.92 Å². The van der Waals surface area contributed by atoms with E-state index in [0.717, 1.165) is 15.6 Å². The summed E-state index contributed by atoms with van der Waals surface area (Å²) in [6, 6.07) is 1.85. The van der Waals surface area contributed by atoms with Gasteiger partial charge in [0.2, 0.25) is 11.9 Å². The van der Waals surface area contributed by atoms with Gasteiger partial charge in [-0.05, 0) is 22.0 Å². The molecule has 2 aromatic heterocycles. The second kappa shape index (κ2) is 4.70. The Balaban J connectivity index is 2.27. The number of nitrogens with one attached hydrogen (secondary N) is 1. The third-order valence-corrected chi connectivity index (χ3v) is 2.72. The lowest BCUT2D eigenvalue weighted by atomic mass is 10.4. The largest absolute Gasteiger partial charge is 0.369 e. The minimum absolute atomic E-state index is 0.0660. The van der Waals surface area contributed by atoms with E-state index in [4.69, 9.17) is 5.73 Å². The summed E-state index contributed by atoms with van der Waals surface area (Å²) in [5, 5.41) is 2.71. The molecule has 0 aliphatic rings. The number of imidazole rings is 1. The predicted molar refractivity (Wildman–Crippen MR) is 68.3 cm³/mol. The van der Waals surface area contributed by atoms with Crippen molar-refractivity contribution in [1.82, 2.24) is 19.9 Å². The lowest BCUT2D eigenvalue weighted by Gasteiger charge is -2.05. The molecule has 3 N–H and O–H groups in total. The number of nitrogen functional groups attached to an aromatic ring is 1. The van der Waals surface area contributed by atoms with Crippen molar-refractivity contribution in [2.75, 3.05) is 12.3 Å². The molecule has 0 fully saturated rings. The van der Waals surface area contributed by atoms with E-state index in [0.29, 0.717) is 19.0 Å². The molecule has 1 amide bonds. The van der Waals surface area contributed by atoms with Gasteiger partial charge in [0.1, 0.15) is 5.52 Å². The van der Waals surface area contributed by atoms with Crippen LogP contribution in [0.1, 0.15) is 6.92 Å². The number of nitrogens with two attached hydrogens (primary N) is 1. The molecule has 0 spiro atoms. The van der Waals surface area contributed by atoms with E-state index in [1.54, 1.807) is 10.8 Å². The third kappa shape index (κ3) is 2.55. The highest BCUT2D eigenvalue weighted by Crippen LogP contribution is 2.19. The SMILES string of the molecule is CC(=O)NCCn1c(N)nc2cc(Br)cnc21. The fourth-order valence-corrected chi connectivity index (χ4v) is 1.89. The number of rotatable bonds is 3. The standard InChI is InChI=1S/C10H12BrN5O/c1-6(17)13-2-3-16-9-8(15-10(16)12)4-7(11)5-14-9/h4-5H,2-3H2,1H3,(H2,12,15)(H,13,17). The summed E-state index contributed by atoms with van der Waals surface area (Å²) in [6.45, 7) is 2.53. The number of fused-ring (bicyclic) bond motifs is 1. The maximum absolute atomic E-state index is 10.8. The van der Waals surface area contributed by atoms with Gasteiger partial charge >= 0.3 is 0 Å². The minimum Gasteiger partial charge on any atom is -0.369 e. The third-order valence-electron chi connectivity index (χ3n) is 2.29. The first-order chi connectivity index (χ1) is 8.08. The van der Waals surface area contributed by atoms with Crippen LogP contribution in [0.25, 0.3) is 11.2 Å². The number of carbonyl (C=O) groups is 1. The van der Waals surface area contributed by atoms with Crippen LogP contribution in [-0.4, -0.2) is 27.0 Å². The summed E-state index contributed by atoms with van der Waals surface area (Å²) in [4.78, 5) is 19.2. The summed E-state index contributed by atoms with van der Waals surface area (Å²) in [7, 11) is 0. The molecule has 6 nitrogen and oxygen atoms in total. The first kappa shape index (κ1) is 11.8. The normalized spacial score (nSPS) is 10.7.